The number of alkyl halides is 2. The molecule has 3 rings (SSSR count). The fourth-order valence-electron chi connectivity index (χ4n) is 3.54. The van der Waals surface area contributed by atoms with E-state index in [0.29, 0.717) is 25.9 Å². The molecule has 1 aromatic carbocycles. The third kappa shape index (κ3) is 2.45. The summed E-state index contributed by atoms with van der Waals surface area (Å²) < 4.78 is 26.8. The molecule has 0 radical (unpaired) electrons. The SMILES string of the molecule is CCC(C(=O)N1CCC2(CC1)CC2(F)F)c1ccccc1. The summed E-state index contributed by atoms with van der Waals surface area (Å²) in [4.78, 5) is 14.4. The molecular formula is C17H21F2NO. The molecule has 1 saturated heterocycles. The summed E-state index contributed by atoms with van der Waals surface area (Å²) in [5.41, 5.74) is 0.222. The summed E-state index contributed by atoms with van der Waals surface area (Å²) in [5.74, 6) is -2.56. The lowest BCUT2D eigenvalue weighted by molar-refractivity contribution is -0.135. The van der Waals surface area contributed by atoms with Gasteiger partial charge >= 0.3 is 0 Å². The zero-order chi connectivity index (χ0) is 15.1. The summed E-state index contributed by atoms with van der Waals surface area (Å²) in [7, 11) is 0. The first-order chi connectivity index (χ1) is 9.99. The number of amides is 1. The lowest BCUT2D eigenvalue weighted by Gasteiger charge is -2.34. The molecule has 2 fully saturated rings. The van der Waals surface area contributed by atoms with Crippen LogP contribution in [0.25, 0.3) is 0 Å². The van der Waals surface area contributed by atoms with Crippen molar-refractivity contribution in [3.63, 3.8) is 0 Å². The molecular weight excluding hydrogens is 272 g/mol. The van der Waals surface area contributed by atoms with Gasteiger partial charge in [-0.2, -0.15) is 0 Å². The standard InChI is InChI=1S/C17H21F2NO/c1-2-14(13-6-4-3-5-7-13)15(21)20-10-8-16(9-11-20)12-17(16,18)19/h3-7,14H,2,8-12H2,1H3. The Bertz CT molecular complexity index is 521. The number of rotatable bonds is 3. The van der Waals surface area contributed by atoms with E-state index < -0.39 is 11.3 Å². The van der Waals surface area contributed by atoms with E-state index in [2.05, 4.69) is 0 Å². The lowest BCUT2D eigenvalue weighted by Crippen LogP contribution is -2.42. The second-order valence-electron chi connectivity index (χ2n) is 6.36. The van der Waals surface area contributed by atoms with Gasteiger partial charge < -0.3 is 4.90 Å². The first-order valence-corrected chi connectivity index (χ1v) is 7.71. The van der Waals surface area contributed by atoms with Crippen LogP contribution >= 0.6 is 0 Å². The molecule has 1 aliphatic heterocycles. The lowest BCUT2D eigenvalue weighted by atomic mass is 9.90. The van der Waals surface area contributed by atoms with Crippen molar-refractivity contribution < 1.29 is 13.6 Å². The number of halogens is 2. The van der Waals surface area contributed by atoms with Gasteiger partial charge in [-0.05, 0) is 24.8 Å². The zero-order valence-electron chi connectivity index (χ0n) is 12.3. The smallest absolute Gasteiger partial charge is 0.254 e. The highest BCUT2D eigenvalue weighted by atomic mass is 19.3. The Morgan fingerprint density at radius 1 is 1.24 bits per heavy atom. The first-order valence-electron chi connectivity index (χ1n) is 7.71. The third-order valence-electron chi connectivity index (χ3n) is 5.15. The zero-order valence-corrected chi connectivity index (χ0v) is 12.3. The fourth-order valence-corrected chi connectivity index (χ4v) is 3.54. The number of hydrogen-bond acceptors (Lipinski definition) is 1. The van der Waals surface area contributed by atoms with Crippen LogP contribution in [0.4, 0.5) is 8.78 Å². The molecule has 21 heavy (non-hydrogen) atoms. The van der Waals surface area contributed by atoms with E-state index in [1.807, 2.05) is 37.3 Å². The summed E-state index contributed by atoms with van der Waals surface area (Å²) in [6, 6.07) is 9.72. The Kier molecular flexibility index (Phi) is 3.50. The van der Waals surface area contributed by atoms with E-state index in [1.54, 1.807) is 4.90 Å². The molecule has 1 unspecified atom stereocenters. The van der Waals surface area contributed by atoms with Gasteiger partial charge in [-0.15, -0.1) is 0 Å². The average molecular weight is 293 g/mol. The number of piperidine rings is 1. The second kappa shape index (κ2) is 5.08. The highest BCUT2D eigenvalue weighted by Gasteiger charge is 2.70. The van der Waals surface area contributed by atoms with Crippen molar-refractivity contribution in [3.8, 4) is 0 Å². The molecule has 1 atom stereocenters. The summed E-state index contributed by atoms with van der Waals surface area (Å²) in [6.45, 7) is 2.94. The Morgan fingerprint density at radius 3 is 2.29 bits per heavy atom. The molecule has 2 nitrogen and oxygen atoms in total. The van der Waals surface area contributed by atoms with Crippen molar-refractivity contribution in [3.05, 3.63) is 35.9 Å². The molecule has 1 amide bonds. The number of hydrogen-bond donors (Lipinski definition) is 0. The molecule has 0 N–H and O–H groups in total. The maximum absolute atomic E-state index is 13.4. The van der Waals surface area contributed by atoms with Crippen molar-refractivity contribution in [2.24, 2.45) is 5.41 Å². The van der Waals surface area contributed by atoms with Gasteiger partial charge in [-0.25, -0.2) is 8.78 Å². The van der Waals surface area contributed by atoms with Gasteiger partial charge in [0.05, 0.1) is 5.92 Å². The maximum Gasteiger partial charge on any atom is 0.254 e. The van der Waals surface area contributed by atoms with Crippen LogP contribution in [-0.4, -0.2) is 29.8 Å². The van der Waals surface area contributed by atoms with E-state index in [0.717, 1.165) is 12.0 Å². The third-order valence-corrected chi connectivity index (χ3v) is 5.15. The van der Waals surface area contributed by atoms with Crippen LogP contribution in [0.15, 0.2) is 30.3 Å². The Labute approximate surface area is 124 Å². The monoisotopic (exact) mass is 293 g/mol. The summed E-state index contributed by atoms with van der Waals surface area (Å²) in [5, 5.41) is 0. The highest BCUT2D eigenvalue weighted by molar-refractivity contribution is 5.83. The minimum Gasteiger partial charge on any atom is -0.342 e. The Morgan fingerprint density at radius 2 is 1.81 bits per heavy atom. The molecule has 1 aliphatic carbocycles. The van der Waals surface area contributed by atoms with Crippen LogP contribution in [0.2, 0.25) is 0 Å². The Balaban J connectivity index is 1.66. The van der Waals surface area contributed by atoms with Crippen molar-refractivity contribution in [1.29, 1.82) is 0 Å². The van der Waals surface area contributed by atoms with Crippen molar-refractivity contribution >= 4 is 5.91 Å². The normalized spacial score (nSPS) is 23.9. The highest BCUT2D eigenvalue weighted by Crippen LogP contribution is 2.65. The van der Waals surface area contributed by atoms with E-state index in [-0.39, 0.29) is 18.2 Å². The van der Waals surface area contributed by atoms with Gasteiger partial charge in [0.15, 0.2) is 0 Å². The summed E-state index contributed by atoms with van der Waals surface area (Å²) in [6.07, 6.45) is 1.63. The first kappa shape index (κ1) is 14.5. The minimum absolute atomic E-state index is 0.0118. The molecule has 114 valence electrons. The van der Waals surface area contributed by atoms with Crippen LogP contribution in [0, 0.1) is 5.41 Å². The van der Waals surface area contributed by atoms with Gasteiger partial charge in [0.25, 0.3) is 5.92 Å². The van der Waals surface area contributed by atoms with Gasteiger partial charge in [0, 0.05) is 24.9 Å². The number of carbonyl (C=O) groups is 1. The number of nitrogens with zero attached hydrogens (tertiary/aromatic N) is 1. The fraction of sp³-hybridized carbons (Fsp3) is 0.588. The van der Waals surface area contributed by atoms with Crippen LogP contribution < -0.4 is 0 Å². The Hall–Kier alpha value is -1.45. The van der Waals surface area contributed by atoms with Crippen molar-refractivity contribution in [2.75, 3.05) is 13.1 Å². The van der Waals surface area contributed by atoms with Gasteiger partial charge in [-0.1, -0.05) is 37.3 Å². The minimum atomic E-state index is -2.49. The van der Waals surface area contributed by atoms with Gasteiger partial charge in [0.1, 0.15) is 0 Å². The van der Waals surface area contributed by atoms with Crippen LogP contribution in [0.3, 0.4) is 0 Å². The number of likely N-dealkylation sites (tertiary alicyclic amines) is 1. The van der Waals surface area contributed by atoms with E-state index in [9.17, 15) is 13.6 Å². The van der Waals surface area contributed by atoms with Crippen LogP contribution in [0.5, 0.6) is 0 Å². The molecule has 1 saturated carbocycles. The predicted octanol–water partition coefficient (Wildman–Crippen LogP) is 3.83. The van der Waals surface area contributed by atoms with E-state index in [1.165, 1.54) is 0 Å². The molecule has 2 aliphatic rings. The number of benzene rings is 1. The molecule has 0 aromatic heterocycles. The van der Waals surface area contributed by atoms with Crippen LogP contribution in [0.1, 0.15) is 44.1 Å². The quantitative estimate of drug-likeness (QED) is 0.829. The molecule has 1 heterocycles. The van der Waals surface area contributed by atoms with E-state index in [4.69, 9.17) is 0 Å². The molecule has 0 bridgehead atoms. The number of carbonyl (C=O) groups excluding carboxylic acids is 1. The second-order valence-corrected chi connectivity index (χ2v) is 6.36. The summed E-state index contributed by atoms with van der Waals surface area (Å²) >= 11 is 0. The molecule has 1 spiro atoms. The van der Waals surface area contributed by atoms with Crippen LogP contribution in [-0.2, 0) is 4.79 Å². The van der Waals surface area contributed by atoms with Gasteiger partial charge in [-0.3, -0.25) is 4.79 Å². The van der Waals surface area contributed by atoms with Crippen molar-refractivity contribution in [2.45, 2.75) is 44.4 Å². The largest absolute Gasteiger partial charge is 0.342 e. The average Bonchev–Trinajstić information content (AvgIpc) is 3.01. The topological polar surface area (TPSA) is 20.3 Å². The molecule has 4 heteroatoms. The van der Waals surface area contributed by atoms with Gasteiger partial charge in [0.2, 0.25) is 5.91 Å². The molecule has 1 aromatic rings. The van der Waals surface area contributed by atoms with E-state index >= 15 is 0 Å². The maximum atomic E-state index is 13.4. The van der Waals surface area contributed by atoms with Crippen molar-refractivity contribution in [1.82, 2.24) is 4.90 Å². The predicted molar refractivity (Wildman–Crippen MR) is 77.3 cm³/mol.